The number of aryl methyl sites for hydroxylation is 1. The molecule has 2 aromatic heterocycles. The summed E-state index contributed by atoms with van der Waals surface area (Å²) in [6, 6.07) is 8.30. The minimum absolute atomic E-state index is 0.174. The molecule has 0 spiro atoms. The second-order valence-corrected chi connectivity index (χ2v) is 8.92. The summed E-state index contributed by atoms with van der Waals surface area (Å²) in [4.78, 5) is 29.2. The van der Waals surface area contributed by atoms with Crippen molar-refractivity contribution >= 4 is 40.0 Å². The Balaban J connectivity index is 1.69. The third-order valence-electron chi connectivity index (χ3n) is 5.81. The summed E-state index contributed by atoms with van der Waals surface area (Å²) in [6.45, 7) is 6.75. The molecule has 2 N–H and O–H groups in total. The number of halogens is 1. The summed E-state index contributed by atoms with van der Waals surface area (Å²) in [5, 5.41) is 6.02. The molecule has 10 nitrogen and oxygen atoms in total. The Labute approximate surface area is 220 Å². The lowest BCUT2D eigenvalue weighted by atomic mass is 10.1. The van der Waals surface area contributed by atoms with E-state index in [1.165, 1.54) is 12.1 Å². The van der Waals surface area contributed by atoms with Crippen molar-refractivity contribution in [2.45, 2.75) is 6.92 Å². The zero-order valence-corrected chi connectivity index (χ0v) is 22.0. The molecule has 0 unspecified atom stereocenters. The van der Waals surface area contributed by atoms with Crippen LogP contribution in [0, 0.1) is 12.7 Å². The van der Waals surface area contributed by atoms with Gasteiger partial charge in [0, 0.05) is 44.9 Å². The van der Waals surface area contributed by atoms with Crippen LogP contribution in [0.1, 0.15) is 5.89 Å². The number of benzene rings is 2. The van der Waals surface area contributed by atoms with Crippen LogP contribution < -0.4 is 20.3 Å². The minimum Gasteiger partial charge on any atom is -0.494 e. The van der Waals surface area contributed by atoms with Gasteiger partial charge in [-0.2, -0.15) is 0 Å². The Morgan fingerprint density at radius 2 is 1.95 bits per heavy atom. The largest absolute Gasteiger partial charge is 0.494 e. The standard InChI is InChI=1S/C27H30FN7O3/c1-7-25(36)31-20-14-21(23(37-6)15-22(20)35(5)11-10-34(3)4)33-27-29-9-8-19(32-27)17-12-18(28)26-24(13-17)38-16(2)30-26/h7-9,12-15H,1,10-11H2,2-6H3,(H,31,36)(H,29,32,33). The second-order valence-electron chi connectivity index (χ2n) is 8.92. The van der Waals surface area contributed by atoms with Crippen molar-refractivity contribution in [1.29, 1.82) is 0 Å². The number of likely N-dealkylation sites (N-methyl/N-ethyl adjacent to an activating group) is 2. The van der Waals surface area contributed by atoms with Crippen LogP contribution in [0.2, 0.25) is 0 Å². The molecule has 198 valence electrons. The fourth-order valence-corrected chi connectivity index (χ4v) is 3.85. The fourth-order valence-electron chi connectivity index (χ4n) is 3.85. The maximum absolute atomic E-state index is 14.6. The van der Waals surface area contributed by atoms with Crippen molar-refractivity contribution in [1.82, 2.24) is 19.9 Å². The van der Waals surface area contributed by atoms with Crippen LogP contribution in [0.3, 0.4) is 0 Å². The first-order valence-electron chi connectivity index (χ1n) is 11.9. The average molecular weight is 520 g/mol. The molecule has 4 rings (SSSR count). The number of amides is 1. The predicted molar refractivity (Wildman–Crippen MR) is 147 cm³/mol. The molecule has 0 fully saturated rings. The summed E-state index contributed by atoms with van der Waals surface area (Å²) in [5.74, 6) is 0.308. The Morgan fingerprint density at radius 3 is 2.66 bits per heavy atom. The highest BCUT2D eigenvalue weighted by Crippen LogP contribution is 2.38. The number of hydrogen-bond donors (Lipinski definition) is 2. The van der Waals surface area contributed by atoms with E-state index >= 15 is 0 Å². The number of nitrogens with one attached hydrogen (secondary N) is 2. The van der Waals surface area contributed by atoms with Gasteiger partial charge in [-0.05, 0) is 44.4 Å². The van der Waals surface area contributed by atoms with Crippen LogP contribution in [-0.4, -0.2) is 67.1 Å². The van der Waals surface area contributed by atoms with E-state index in [9.17, 15) is 9.18 Å². The van der Waals surface area contributed by atoms with Crippen LogP contribution in [-0.2, 0) is 4.79 Å². The zero-order valence-electron chi connectivity index (χ0n) is 22.0. The number of methoxy groups -OCH3 is 1. The van der Waals surface area contributed by atoms with Gasteiger partial charge in [0.2, 0.25) is 11.9 Å². The number of oxazole rings is 1. The maximum Gasteiger partial charge on any atom is 0.247 e. The molecule has 4 aromatic rings. The molecule has 2 aromatic carbocycles. The van der Waals surface area contributed by atoms with E-state index in [2.05, 4.69) is 37.1 Å². The highest BCUT2D eigenvalue weighted by molar-refractivity contribution is 6.02. The van der Waals surface area contributed by atoms with Crippen LogP contribution in [0.15, 0.2) is 53.6 Å². The predicted octanol–water partition coefficient (Wildman–Crippen LogP) is 4.61. The molecule has 2 heterocycles. The topological polar surface area (TPSA) is 109 Å². The van der Waals surface area contributed by atoms with Crippen LogP contribution >= 0.6 is 0 Å². The summed E-state index contributed by atoms with van der Waals surface area (Å²) < 4.78 is 25.8. The summed E-state index contributed by atoms with van der Waals surface area (Å²) in [7, 11) is 7.48. The molecular weight excluding hydrogens is 489 g/mol. The van der Waals surface area contributed by atoms with Crippen LogP contribution in [0.5, 0.6) is 5.75 Å². The molecule has 0 aliphatic rings. The normalized spacial score (nSPS) is 11.0. The molecule has 0 radical (unpaired) electrons. The Kier molecular flexibility index (Phi) is 7.87. The molecule has 0 saturated carbocycles. The molecule has 0 aliphatic heterocycles. The average Bonchev–Trinajstić information content (AvgIpc) is 3.28. The van der Waals surface area contributed by atoms with Gasteiger partial charge in [0.1, 0.15) is 11.3 Å². The third kappa shape index (κ3) is 5.89. The van der Waals surface area contributed by atoms with Gasteiger partial charge in [0.25, 0.3) is 0 Å². The van der Waals surface area contributed by atoms with Gasteiger partial charge < -0.3 is 29.6 Å². The number of nitrogens with zero attached hydrogens (tertiary/aromatic N) is 5. The van der Waals surface area contributed by atoms with Gasteiger partial charge in [0.05, 0.1) is 29.9 Å². The molecule has 0 bridgehead atoms. The van der Waals surface area contributed by atoms with Gasteiger partial charge >= 0.3 is 0 Å². The van der Waals surface area contributed by atoms with E-state index in [1.54, 1.807) is 38.4 Å². The lowest BCUT2D eigenvalue weighted by molar-refractivity contribution is -0.111. The number of hydrogen-bond acceptors (Lipinski definition) is 9. The van der Waals surface area contributed by atoms with Crippen LogP contribution in [0.4, 0.5) is 27.4 Å². The highest BCUT2D eigenvalue weighted by atomic mass is 19.1. The second kappa shape index (κ2) is 11.3. The molecule has 0 aliphatic carbocycles. The van der Waals surface area contributed by atoms with E-state index in [-0.39, 0.29) is 17.4 Å². The molecule has 38 heavy (non-hydrogen) atoms. The van der Waals surface area contributed by atoms with E-state index in [0.29, 0.717) is 39.9 Å². The smallest absolute Gasteiger partial charge is 0.247 e. The van der Waals surface area contributed by atoms with Crippen molar-refractivity contribution in [3.63, 3.8) is 0 Å². The Hall–Kier alpha value is -4.51. The molecular formula is C27H30FN7O3. The number of aromatic nitrogens is 3. The van der Waals surface area contributed by atoms with Gasteiger partial charge in [-0.3, -0.25) is 4.79 Å². The fraction of sp³-hybridized carbons (Fsp3) is 0.259. The highest BCUT2D eigenvalue weighted by Gasteiger charge is 2.17. The maximum atomic E-state index is 14.6. The van der Waals surface area contributed by atoms with E-state index in [1.807, 2.05) is 32.1 Å². The summed E-state index contributed by atoms with van der Waals surface area (Å²) >= 11 is 0. The molecule has 0 saturated heterocycles. The van der Waals surface area contributed by atoms with Crippen molar-refractivity contribution in [3.8, 4) is 17.0 Å². The first kappa shape index (κ1) is 26.6. The Bertz CT molecular complexity index is 1490. The Morgan fingerprint density at radius 1 is 1.16 bits per heavy atom. The first-order chi connectivity index (χ1) is 18.2. The number of ether oxygens (including phenoxy) is 1. The van der Waals surface area contributed by atoms with Crippen molar-refractivity contribution < 1.29 is 18.3 Å². The molecule has 1 amide bonds. The summed E-state index contributed by atoms with van der Waals surface area (Å²) in [6.07, 6.45) is 2.77. The number of fused-ring (bicyclic) bond motifs is 1. The minimum atomic E-state index is -0.499. The molecule has 0 atom stereocenters. The van der Waals surface area contributed by atoms with Crippen molar-refractivity contribution in [2.75, 3.05) is 56.9 Å². The quantitative estimate of drug-likeness (QED) is 0.290. The first-order valence-corrected chi connectivity index (χ1v) is 11.9. The number of rotatable bonds is 10. The SMILES string of the molecule is C=CC(=O)Nc1cc(Nc2nccc(-c3cc(F)c4nc(C)oc4c3)n2)c(OC)cc1N(C)CCN(C)C. The number of carbonyl (C=O) groups excluding carboxylic acids is 1. The van der Waals surface area contributed by atoms with E-state index in [4.69, 9.17) is 9.15 Å². The van der Waals surface area contributed by atoms with Gasteiger partial charge in [0.15, 0.2) is 17.3 Å². The third-order valence-corrected chi connectivity index (χ3v) is 5.81. The van der Waals surface area contributed by atoms with Crippen LogP contribution in [0.25, 0.3) is 22.4 Å². The number of anilines is 4. The summed E-state index contributed by atoms with van der Waals surface area (Å²) in [5.41, 5.74) is 3.37. The monoisotopic (exact) mass is 519 g/mol. The van der Waals surface area contributed by atoms with Crippen molar-refractivity contribution in [2.24, 2.45) is 0 Å². The molecule has 11 heteroatoms. The van der Waals surface area contributed by atoms with Gasteiger partial charge in [-0.1, -0.05) is 6.58 Å². The lowest BCUT2D eigenvalue weighted by Gasteiger charge is -2.26. The van der Waals surface area contributed by atoms with E-state index < -0.39 is 5.82 Å². The van der Waals surface area contributed by atoms with E-state index in [0.717, 1.165) is 18.8 Å². The zero-order chi connectivity index (χ0) is 27.4. The lowest BCUT2D eigenvalue weighted by Crippen LogP contribution is -2.29. The van der Waals surface area contributed by atoms with Gasteiger partial charge in [-0.15, -0.1) is 0 Å². The number of carbonyl (C=O) groups is 1. The van der Waals surface area contributed by atoms with Crippen molar-refractivity contribution in [3.05, 3.63) is 60.9 Å². The van der Waals surface area contributed by atoms with Gasteiger partial charge in [-0.25, -0.2) is 19.3 Å².